The largest absolute Gasteiger partial charge is 0.458 e. The van der Waals surface area contributed by atoms with Gasteiger partial charge in [-0.3, -0.25) is 0 Å². The molecule has 29 heavy (non-hydrogen) atoms. The quantitative estimate of drug-likeness (QED) is 0.438. The molecule has 1 saturated carbocycles. The van der Waals surface area contributed by atoms with E-state index in [9.17, 15) is 22.8 Å². The normalized spacial score (nSPS) is 24.6. The molecular formula is C18H18F4N6O. The SMILES string of the molecule is CN(c1nc2c(O/C=C(\F)C(F)(F)F)cccn2n1)[C@@]12CC[C@@H](CN(C#N)C1)C2. The van der Waals surface area contributed by atoms with Crippen molar-refractivity contribution in [1.82, 2.24) is 19.5 Å². The second-order valence-corrected chi connectivity index (χ2v) is 7.51. The summed E-state index contributed by atoms with van der Waals surface area (Å²) in [6.07, 6.45) is 1.51. The van der Waals surface area contributed by atoms with Crippen molar-refractivity contribution in [2.45, 2.75) is 31.0 Å². The molecule has 2 aromatic heterocycles. The van der Waals surface area contributed by atoms with E-state index in [0.717, 1.165) is 25.8 Å². The van der Waals surface area contributed by atoms with Gasteiger partial charge in [0.2, 0.25) is 11.8 Å². The average Bonchev–Trinajstić information content (AvgIpc) is 3.26. The predicted molar refractivity (Wildman–Crippen MR) is 94.5 cm³/mol. The summed E-state index contributed by atoms with van der Waals surface area (Å²) in [6, 6.07) is 2.90. The molecule has 11 heteroatoms. The Labute approximate surface area is 163 Å². The molecule has 0 aromatic carbocycles. The Balaban J connectivity index is 1.64. The van der Waals surface area contributed by atoms with Crippen LogP contribution in [0.25, 0.3) is 5.65 Å². The summed E-state index contributed by atoms with van der Waals surface area (Å²) < 4.78 is 56.3. The zero-order valence-corrected chi connectivity index (χ0v) is 15.5. The van der Waals surface area contributed by atoms with Crippen LogP contribution in [0.4, 0.5) is 23.5 Å². The number of hydrogen-bond donors (Lipinski definition) is 0. The van der Waals surface area contributed by atoms with Crippen LogP contribution in [-0.4, -0.2) is 51.4 Å². The average molecular weight is 410 g/mol. The molecule has 1 aliphatic heterocycles. The van der Waals surface area contributed by atoms with Crippen molar-refractivity contribution in [1.29, 1.82) is 5.26 Å². The summed E-state index contributed by atoms with van der Waals surface area (Å²) in [6.45, 7) is 1.31. The number of likely N-dealkylation sites (tertiary alicyclic amines) is 1. The summed E-state index contributed by atoms with van der Waals surface area (Å²) >= 11 is 0. The molecule has 0 spiro atoms. The lowest BCUT2D eigenvalue weighted by Gasteiger charge is -2.43. The van der Waals surface area contributed by atoms with Gasteiger partial charge in [0.15, 0.2) is 17.6 Å². The smallest absolute Gasteiger partial charge is 0.446 e. The van der Waals surface area contributed by atoms with E-state index in [4.69, 9.17) is 4.74 Å². The molecule has 1 aliphatic carbocycles. The van der Waals surface area contributed by atoms with Crippen molar-refractivity contribution in [3.8, 4) is 11.9 Å². The number of allylic oxidation sites excluding steroid dienone is 1. The van der Waals surface area contributed by atoms with E-state index in [1.165, 1.54) is 16.6 Å². The second-order valence-electron chi connectivity index (χ2n) is 7.51. The number of piperidine rings is 1. The van der Waals surface area contributed by atoms with E-state index < -0.39 is 12.0 Å². The number of halogens is 4. The Bertz CT molecular complexity index is 996. The molecule has 2 aliphatic rings. The van der Waals surface area contributed by atoms with Crippen LogP contribution in [0.15, 0.2) is 30.4 Å². The molecule has 154 valence electrons. The minimum atomic E-state index is -5.12. The van der Waals surface area contributed by atoms with Gasteiger partial charge in [-0.2, -0.15) is 27.8 Å². The van der Waals surface area contributed by atoms with E-state index in [1.807, 2.05) is 11.9 Å². The molecule has 3 heterocycles. The van der Waals surface area contributed by atoms with Crippen LogP contribution in [0.3, 0.4) is 0 Å². The minimum absolute atomic E-state index is 0.0135. The first-order chi connectivity index (χ1) is 13.7. The molecule has 0 unspecified atom stereocenters. The Morgan fingerprint density at radius 3 is 3.00 bits per heavy atom. The van der Waals surface area contributed by atoms with Crippen molar-refractivity contribution in [3.63, 3.8) is 0 Å². The number of ether oxygens (including phenoxy) is 1. The highest BCUT2D eigenvalue weighted by atomic mass is 19.4. The molecule has 2 atom stereocenters. The number of nitriles is 1. The molecule has 4 rings (SSSR count). The lowest BCUT2D eigenvalue weighted by molar-refractivity contribution is -0.110. The number of anilines is 1. The maximum absolute atomic E-state index is 13.1. The highest BCUT2D eigenvalue weighted by Crippen LogP contribution is 2.44. The lowest BCUT2D eigenvalue weighted by Crippen LogP contribution is -2.55. The van der Waals surface area contributed by atoms with Gasteiger partial charge in [0.25, 0.3) is 0 Å². The number of pyridine rings is 1. The van der Waals surface area contributed by atoms with Gasteiger partial charge >= 0.3 is 6.18 Å². The monoisotopic (exact) mass is 410 g/mol. The molecule has 7 nitrogen and oxygen atoms in total. The number of fused-ring (bicyclic) bond motifs is 3. The van der Waals surface area contributed by atoms with Crippen LogP contribution in [0.2, 0.25) is 0 Å². The second kappa shape index (κ2) is 6.79. The number of rotatable bonds is 4. The van der Waals surface area contributed by atoms with Gasteiger partial charge in [0.05, 0.1) is 12.1 Å². The topological polar surface area (TPSA) is 69.7 Å². The first kappa shape index (κ1) is 19.3. The van der Waals surface area contributed by atoms with Crippen molar-refractivity contribution < 1.29 is 22.3 Å². The highest BCUT2D eigenvalue weighted by molar-refractivity contribution is 5.57. The van der Waals surface area contributed by atoms with Crippen LogP contribution in [0, 0.1) is 17.4 Å². The maximum Gasteiger partial charge on any atom is 0.446 e. The van der Waals surface area contributed by atoms with Crippen molar-refractivity contribution in [2.75, 3.05) is 25.0 Å². The Kier molecular flexibility index (Phi) is 4.52. The van der Waals surface area contributed by atoms with Gasteiger partial charge in [0, 0.05) is 19.8 Å². The van der Waals surface area contributed by atoms with Crippen molar-refractivity contribution in [3.05, 3.63) is 30.4 Å². The molecule has 0 radical (unpaired) electrons. The first-order valence-corrected chi connectivity index (χ1v) is 9.05. The highest BCUT2D eigenvalue weighted by Gasteiger charge is 2.48. The third-order valence-corrected chi connectivity index (χ3v) is 5.68. The molecular weight excluding hydrogens is 392 g/mol. The van der Waals surface area contributed by atoms with E-state index in [0.29, 0.717) is 18.4 Å². The molecule has 0 N–H and O–H groups in total. The maximum atomic E-state index is 13.1. The summed E-state index contributed by atoms with van der Waals surface area (Å²) in [5.74, 6) is -1.60. The van der Waals surface area contributed by atoms with Gasteiger partial charge in [-0.1, -0.05) is 0 Å². The Morgan fingerprint density at radius 1 is 1.48 bits per heavy atom. The predicted octanol–water partition coefficient (Wildman–Crippen LogP) is 3.25. The van der Waals surface area contributed by atoms with Gasteiger partial charge < -0.3 is 14.5 Å². The number of nitrogens with zero attached hydrogens (tertiary/aromatic N) is 6. The lowest BCUT2D eigenvalue weighted by atomic mass is 9.90. The van der Waals surface area contributed by atoms with E-state index in [-0.39, 0.29) is 23.2 Å². The minimum Gasteiger partial charge on any atom is -0.458 e. The fourth-order valence-corrected chi connectivity index (χ4v) is 4.23. The zero-order valence-electron chi connectivity index (χ0n) is 15.5. The summed E-state index contributed by atoms with van der Waals surface area (Å²) in [5.41, 5.74) is -0.119. The van der Waals surface area contributed by atoms with E-state index in [2.05, 4.69) is 16.3 Å². The Hall–Kier alpha value is -3.03. The van der Waals surface area contributed by atoms with Gasteiger partial charge in [-0.25, -0.2) is 4.52 Å². The third-order valence-electron chi connectivity index (χ3n) is 5.68. The van der Waals surface area contributed by atoms with Crippen LogP contribution in [0.1, 0.15) is 19.3 Å². The summed E-state index contributed by atoms with van der Waals surface area (Å²) in [7, 11) is 1.85. The molecule has 2 fully saturated rings. The van der Waals surface area contributed by atoms with Gasteiger partial charge in [-0.05, 0) is 37.3 Å². The first-order valence-electron chi connectivity index (χ1n) is 9.05. The van der Waals surface area contributed by atoms with E-state index in [1.54, 1.807) is 11.1 Å². The third kappa shape index (κ3) is 3.43. The van der Waals surface area contributed by atoms with Gasteiger partial charge in [0.1, 0.15) is 6.26 Å². The number of hydrogen-bond acceptors (Lipinski definition) is 6. The fourth-order valence-electron chi connectivity index (χ4n) is 4.23. The van der Waals surface area contributed by atoms with E-state index >= 15 is 0 Å². The molecule has 1 saturated heterocycles. The fraction of sp³-hybridized carbons (Fsp3) is 0.500. The van der Waals surface area contributed by atoms with Crippen molar-refractivity contribution in [2.24, 2.45) is 5.92 Å². The zero-order chi connectivity index (χ0) is 20.8. The standard InChI is InChI=1S/C18H18F4N6O/c1-26(17-5-4-12(7-17)8-27(10-17)11-23)16-24-15-13(3-2-6-28(15)25-16)29-9-14(19)18(20,21)22/h2-3,6,9,12H,4-5,7-8,10H2,1H3/b14-9-/t12-,17-/m1/s1. The van der Waals surface area contributed by atoms with Gasteiger partial charge in [-0.15, -0.1) is 5.10 Å². The van der Waals surface area contributed by atoms with Crippen LogP contribution >= 0.6 is 0 Å². The molecule has 2 bridgehead atoms. The van der Waals surface area contributed by atoms with Crippen LogP contribution < -0.4 is 9.64 Å². The number of alkyl halides is 3. The van der Waals surface area contributed by atoms with Crippen LogP contribution in [-0.2, 0) is 0 Å². The summed E-state index contributed by atoms with van der Waals surface area (Å²) in [4.78, 5) is 8.08. The van der Waals surface area contributed by atoms with Crippen molar-refractivity contribution >= 4 is 11.6 Å². The summed E-state index contributed by atoms with van der Waals surface area (Å²) in [5, 5.41) is 13.7. The number of aromatic nitrogens is 3. The van der Waals surface area contributed by atoms with Crippen LogP contribution in [0.5, 0.6) is 5.75 Å². The number of likely N-dealkylation sites (N-methyl/N-ethyl adjacent to an activating group) is 1. The Morgan fingerprint density at radius 2 is 2.28 bits per heavy atom. The molecule has 0 amide bonds. The molecule has 2 aromatic rings.